The number of rotatable bonds is 2. The lowest BCUT2D eigenvalue weighted by Crippen LogP contribution is -2.11. The Balaban J connectivity index is 0.00000133. The van der Waals surface area contributed by atoms with Gasteiger partial charge in [0.1, 0.15) is 5.75 Å². The number of fused-ring (bicyclic) bond motifs is 1. The van der Waals surface area contributed by atoms with Gasteiger partial charge in [0.25, 0.3) is 0 Å². The highest BCUT2D eigenvalue weighted by Crippen LogP contribution is 2.35. The Morgan fingerprint density at radius 2 is 1.79 bits per heavy atom. The molecule has 0 bridgehead atoms. The Kier molecular flexibility index (Phi) is 4.10. The van der Waals surface area contributed by atoms with E-state index in [0.29, 0.717) is 0 Å². The van der Waals surface area contributed by atoms with Crippen molar-refractivity contribution in [3.63, 3.8) is 0 Å². The van der Waals surface area contributed by atoms with E-state index in [-0.39, 0.29) is 24.2 Å². The maximum absolute atomic E-state index is 10.1. The minimum atomic E-state index is -0.281. The minimum Gasteiger partial charge on any atom is -0.508 e. The summed E-state index contributed by atoms with van der Waals surface area (Å²) >= 11 is 1.61. The van der Waals surface area contributed by atoms with Gasteiger partial charge in [-0.2, -0.15) is 0 Å². The number of hydrogen-bond donors (Lipinski definition) is 2. The van der Waals surface area contributed by atoms with Crippen LogP contribution in [0.5, 0.6) is 5.75 Å². The predicted molar refractivity (Wildman–Crippen MR) is 83.2 cm³/mol. The topological polar surface area (TPSA) is 46.2 Å². The number of phenols is 1. The lowest BCUT2D eigenvalue weighted by molar-refractivity contribution is 0.467. The molecule has 1 heterocycles. The van der Waals surface area contributed by atoms with E-state index >= 15 is 0 Å². The van der Waals surface area contributed by atoms with Crippen molar-refractivity contribution in [2.45, 2.75) is 6.04 Å². The fourth-order valence-corrected chi connectivity index (χ4v) is 2.96. The van der Waals surface area contributed by atoms with Crippen LogP contribution in [0.4, 0.5) is 0 Å². The van der Waals surface area contributed by atoms with Crippen LogP contribution in [0, 0.1) is 0 Å². The van der Waals surface area contributed by atoms with Crippen molar-refractivity contribution in [1.82, 2.24) is 0 Å². The van der Waals surface area contributed by atoms with Crippen molar-refractivity contribution >= 4 is 34.5 Å². The summed E-state index contributed by atoms with van der Waals surface area (Å²) in [5.74, 6) is 0.259. The summed E-state index contributed by atoms with van der Waals surface area (Å²) in [4.78, 5) is 1.06. The number of benzene rings is 2. The third-order valence-corrected chi connectivity index (χ3v) is 4.06. The van der Waals surface area contributed by atoms with Gasteiger partial charge < -0.3 is 10.8 Å². The fraction of sp³-hybridized carbons (Fsp3) is 0.0667. The standard InChI is InChI=1S/C15H13NOS.ClH/c16-15(13-6-3-9-18-13)14-11-5-2-1-4-10(11)7-8-12(14)17;/h1-9,15,17H,16H2;1H/t15-;/m0./s1. The quantitative estimate of drug-likeness (QED) is 0.747. The van der Waals surface area contributed by atoms with Gasteiger partial charge in [-0.05, 0) is 28.3 Å². The van der Waals surface area contributed by atoms with E-state index < -0.39 is 0 Å². The molecule has 3 N–H and O–H groups in total. The average molecular weight is 292 g/mol. The second-order valence-corrected chi connectivity index (χ2v) is 5.19. The third kappa shape index (κ3) is 2.45. The normalized spacial score (nSPS) is 12.1. The van der Waals surface area contributed by atoms with Gasteiger partial charge in [0.15, 0.2) is 0 Å². The molecule has 0 fully saturated rings. The number of thiophene rings is 1. The van der Waals surface area contributed by atoms with Crippen molar-refractivity contribution < 1.29 is 5.11 Å². The van der Waals surface area contributed by atoms with Crippen LogP contribution < -0.4 is 5.73 Å². The molecule has 1 aromatic heterocycles. The van der Waals surface area contributed by atoms with Gasteiger partial charge in [-0.3, -0.25) is 0 Å². The van der Waals surface area contributed by atoms with Gasteiger partial charge in [-0.15, -0.1) is 23.7 Å². The van der Waals surface area contributed by atoms with Crippen LogP contribution in [-0.4, -0.2) is 5.11 Å². The van der Waals surface area contributed by atoms with Crippen LogP contribution in [0.1, 0.15) is 16.5 Å². The predicted octanol–water partition coefficient (Wildman–Crippen LogP) is 4.08. The van der Waals surface area contributed by atoms with E-state index in [1.165, 1.54) is 0 Å². The Morgan fingerprint density at radius 3 is 2.53 bits per heavy atom. The smallest absolute Gasteiger partial charge is 0.121 e. The third-order valence-electron chi connectivity index (χ3n) is 3.11. The molecule has 0 aliphatic carbocycles. The molecule has 2 aromatic carbocycles. The van der Waals surface area contributed by atoms with Crippen LogP contribution in [-0.2, 0) is 0 Å². The second kappa shape index (κ2) is 5.61. The van der Waals surface area contributed by atoms with E-state index in [2.05, 4.69) is 0 Å². The maximum Gasteiger partial charge on any atom is 0.121 e. The summed E-state index contributed by atoms with van der Waals surface area (Å²) < 4.78 is 0. The molecule has 2 nitrogen and oxygen atoms in total. The van der Waals surface area contributed by atoms with Gasteiger partial charge in [0.05, 0.1) is 6.04 Å². The van der Waals surface area contributed by atoms with Crippen LogP contribution in [0.15, 0.2) is 53.9 Å². The zero-order chi connectivity index (χ0) is 12.5. The largest absolute Gasteiger partial charge is 0.508 e. The molecule has 98 valence electrons. The first-order valence-electron chi connectivity index (χ1n) is 5.77. The first kappa shape index (κ1) is 13.9. The van der Waals surface area contributed by atoms with E-state index in [9.17, 15) is 5.11 Å². The molecule has 4 heteroatoms. The highest BCUT2D eigenvalue weighted by molar-refractivity contribution is 7.10. The monoisotopic (exact) mass is 291 g/mol. The van der Waals surface area contributed by atoms with Gasteiger partial charge in [-0.25, -0.2) is 0 Å². The number of hydrogen-bond acceptors (Lipinski definition) is 3. The summed E-state index contributed by atoms with van der Waals surface area (Å²) in [7, 11) is 0. The average Bonchev–Trinajstić information content (AvgIpc) is 2.92. The summed E-state index contributed by atoms with van der Waals surface area (Å²) in [5, 5.41) is 14.2. The van der Waals surface area contributed by atoms with Crippen molar-refractivity contribution in [2.24, 2.45) is 5.73 Å². The van der Waals surface area contributed by atoms with Crippen molar-refractivity contribution in [3.05, 3.63) is 64.4 Å². The number of phenolic OH excluding ortho intramolecular Hbond substituents is 1. The molecule has 0 radical (unpaired) electrons. The van der Waals surface area contributed by atoms with Crippen LogP contribution in [0.3, 0.4) is 0 Å². The molecule has 0 amide bonds. The zero-order valence-corrected chi connectivity index (χ0v) is 11.7. The van der Waals surface area contributed by atoms with Crippen molar-refractivity contribution in [3.8, 4) is 5.75 Å². The Morgan fingerprint density at radius 1 is 1.00 bits per heavy atom. The molecule has 0 aliphatic heterocycles. The van der Waals surface area contributed by atoms with Gasteiger partial charge in [0, 0.05) is 10.4 Å². The van der Waals surface area contributed by atoms with Crippen molar-refractivity contribution in [2.75, 3.05) is 0 Å². The minimum absolute atomic E-state index is 0. The van der Waals surface area contributed by atoms with E-state index in [1.54, 1.807) is 17.4 Å². The molecule has 0 saturated carbocycles. The van der Waals surface area contributed by atoms with Crippen LogP contribution >= 0.6 is 23.7 Å². The molecule has 3 aromatic rings. The molecule has 3 rings (SSSR count). The molecule has 0 spiro atoms. The van der Waals surface area contributed by atoms with E-state index in [4.69, 9.17) is 5.73 Å². The van der Waals surface area contributed by atoms with Crippen molar-refractivity contribution in [1.29, 1.82) is 0 Å². The molecular formula is C15H14ClNOS. The van der Waals surface area contributed by atoms with E-state index in [0.717, 1.165) is 21.2 Å². The highest BCUT2D eigenvalue weighted by atomic mass is 35.5. The van der Waals surface area contributed by atoms with Gasteiger partial charge in [0.2, 0.25) is 0 Å². The van der Waals surface area contributed by atoms with Gasteiger partial charge >= 0.3 is 0 Å². The summed E-state index contributed by atoms with van der Waals surface area (Å²) in [6.07, 6.45) is 0. The molecule has 1 atom stereocenters. The highest BCUT2D eigenvalue weighted by Gasteiger charge is 2.17. The molecule has 0 saturated heterocycles. The molecular weight excluding hydrogens is 278 g/mol. The lowest BCUT2D eigenvalue weighted by Gasteiger charge is -2.15. The fourth-order valence-electron chi connectivity index (χ4n) is 2.22. The maximum atomic E-state index is 10.1. The first-order chi connectivity index (χ1) is 8.77. The Bertz CT molecular complexity index is 682. The summed E-state index contributed by atoms with van der Waals surface area (Å²) in [6.45, 7) is 0. The van der Waals surface area contributed by atoms with Gasteiger partial charge in [-0.1, -0.05) is 36.4 Å². The zero-order valence-electron chi connectivity index (χ0n) is 10.1. The Hall–Kier alpha value is -1.55. The molecule has 0 unspecified atom stereocenters. The van der Waals surface area contributed by atoms with E-state index in [1.807, 2.05) is 47.8 Å². The lowest BCUT2D eigenvalue weighted by atomic mass is 9.97. The molecule has 0 aliphatic rings. The summed E-state index contributed by atoms with van der Waals surface area (Å²) in [6, 6.07) is 15.3. The van der Waals surface area contributed by atoms with Crippen LogP contribution in [0.2, 0.25) is 0 Å². The summed E-state index contributed by atoms with van der Waals surface area (Å²) in [5.41, 5.74) is 7.08. The Labute approximate surface area is 121 Å². The molecule has 19 heavy (non-hydrogen) atoms. The second-order valence-electron chi connectivity index (χ2n) is 4.21. The number of aromatic hydroxyl groups is 1. The SMILES string of the molecule is Cl.N[C@@H](c1cccs1)c1c(O)ccc2ccccc12. The number of halogens is 1. The van der Waals surface area contributed by atoms with Crippen LogP contribution in [0.25, 0.3) is 10.8 Å². The first-order valence-corrected chi connectivity index (χ1v) is 6.65. The number of nitrogens with two attached hydrogens (primary N) is 1.